The fourth-order valence-electron chi connectivity index (χ4n) is 3.39. The van der Waals surface area contributed by atoms with Gasteiger partial charge in [-0.15, -0.1) is 10.2 Å². The predicted molar refractivity (Wildman–Crippen MR) is 111 cm³/mol. The second-order valence-electron chi connectivity index (χ2n) is 6.96. The van der Waals surface area contributed by atoms with Crippen molar-refractivity contribution in [3.05, 3.63) is 59.2 Å². The molecule has 0 saturated heterocycles. The maximum absolute atomic E-state index is 12.7. The number of nitrogens with zero attached hydrogens (tertiary/aromatic N) is 3. The summed E-state index contributed by atoms with van der Waals surface area (Å²) in [6.07, 6.45) is 1.84. The Morgan fingerprint density at radius 2 is 2.11 bits per heavy atom. The van der Waals surface area contributed by atoms with Crippen LogP contribution in [0.5, 0.6) is 5.75 Å². The van der Waals surface area contributed by atoms with E-state index < -0.39 is 0 Å². The number of rotatable bonds is 7. The lowest BCUT2D eigenvalue weighted by Crippen LogP contribution is -2.06. The summed E-state index contributed by atoms with van der Waals surface area (Å²) in [7, 11) is 0. The third kappa shape index (κ3) is 3.83. The van der Waals surface area contributed by atoms with E-state index in [1.54, 1.807) is 0 Å². The van der Waals surface area contributed by atoms with E-state index in [1.807, 2.05) is 24.3 Å². The van der Waals surface area contributed by atoms with Gasteiger partial charge < -0.3 is 9.30 Å². The molecule has 1 aliphatic rings. The number of ketones is 1. The van der Waals surface area contributed by atoms with Gasteiger partial charge in [0.2, 0.25) is 0 Å². The van der Waals surface area contributed by atoms with E-state index in [4.69, 9.17) is 4.74 Å². The lowest BCUT2D eigenvalue weighted by molar-refractivity contribution is 0.102. The van der Waals surface area contributed by atoms with Crippen LogP contribution < -0.4 is 4.74 Å². The summed E-state index contributed by atoms with van der Waals surface area (Å²) in [6, 6.07) is 14.0. The largest absolute Gasteiger partial charge is 0.493 e. The fourth-order valence-corrected chi connectivity index (χ4v) is 4.25. The highest BCUT2D eigenvalue weighted by molar-refractivity contribution is 7.99. The number of aryl methyl sites for hydroxylation is 1. The molecule has 2 aromatic carbocycles. The molecule has 28 heavy (non-hydrogen) atoms. The van der Waals surface area contributed by atoms with Gasteiger partial charge in [0.25, 0.3) is 0 Å². The maximum atomic E-state index is 12.7. The molecule has 0 spiro atoms. The molecule has 0 atom stereocenters. The van der Waals surface area contributed by atoms with E-state index >= 15 is 0 Å². The molecular formula is C22H23N3O2S. The van der Waals surface area contributed by atoms with Gasteiger partial charge in [0.15, 0.2) is 16.8 Å². The Hall–Kier alpha value is -2.60. The van der Waals surface area contributed by atoms with Gasteiger partial charge in [0.05, 0.1) is 12.4 Å². The van der Waals surface area contributed by atoms with Crippen LogP contribution >= 0.6 is 11.8 Å². The van der Waals surface area contributed by atoms with Gasteiger partial charge >= 0.3 is 0 Å². The number of ether oxygens (including phenoxy) is 1. The van der Waals surface area contributed by atoms with E-state index in [1.165, 1.54) is 17.3 Å². The van der Waals surface area contributed by atoms with Crippen LogP contribution in [0.2, 0.25) is 0 Å². The lowest BCUT2D eigenvalue weighted by atomic mass is 10.1. The van der Waals surface area contributed by atoms with Crippen molar-refractivity contribution in [2.24, 2.45) is 0 Å². The van der Waals surface area contributed by atoms with Crippen molar-refractivity contribution in [2.75, 3.05) is 12.4 Å². The summed E-state index contributed by atoms with van der Waals surface area (Å²) in [5, 5.41) is 9.56. The monoisotopic (exact) mass is 393 g/mol. The van der Waals surface area contributed by atoms with Crippen molar-refractivity contribution >= 4 is 17.5 Å². The van der Waals surface area contributed by atoms with E-state index in [2.05, 4.69) is 46.8 Å². The molecule has 0 N–H and O–H groups in total. The zero-order valence-electron chi connectivity index (χ0n) is 16.1. The first-order valence-corrected chi connectivity index (χ1v) is 10.6. The number of carbonyl (C=O) groups excluding carboxylic acids is 1. The molecule has 0 radical (unpaired) electrons. The Balaban J connectivity index is 1.52. The first-order valence-electron chi connectivity index (χ1n) is 9.57. The van der Waals surface area contributed by atoms with E-state index in [0.717, 1.165) is 52.8 Å². The molecule has 1 aromatic heterocycles. The zero-order valence-corrected chi connectivity index (χ0v) is 17.0. The van der Waals surface area contributed by atoms with Crippen LogP contribution in [0, 0.1) is 6.92 Å². The molecule has 0 fully saturated rings. The zero-order chi connectivity index (χ0) is 19.5. The Morgan fingerprint density at radius 3 is 2.93 bits per heavy atom. The molecule has 0 unspecified atom stereocenters. The number of hydrogen-bond donors (Lipinski definition) is 0. The number of Topliss-reactive ketones (excluding diaryl/α,β-unsaturated/α-hetero) is 1. The van der Waals surface area contributed by atoms with Gasteiger partial charge in [0.1, 0.15) is 5.75 Å². The van der Waals surface area contributed by atoms with Gasteiger partial charge in [-0.25, -0.2) is 0 Å². The standard InChI is InChI=1S/C22H23N3O2S/c1-3-10-25-21(18-6-4-5-15(2)12-18)23-24-22(25)28-14-19(26)16-7-8-20-17(13-16)9-11-27-20/h4-8,12-13H,3,9-11,14H2,1-2H3. The smallest absolute Gasteiger partial charge is 0.191 e. The predicted octanol–water partition coefficient (Wildman–Crippen LogP) is 4.57. The van der Waals surface area contributed by atoms with Crippen LogP contribution in [0.25, 0.3) is 11.4 Å². The highest BCUT2D eigenvalue weighted by Gasteiger charge is 2.18. The van der Waals surface area contributed by atoms with E-state index in [0.29, 0.717) is 12.4 Å². The molecule has 2 heterocycles. The third-order valence-corrected chi connectivity index (χ3v) is 5.75. The molecule has 1 aliphatic heterocycles. The Labute approximate surface area is 169 Å². The van der Waals surface area contributed by atoms with Gasteiger partial charge in [-0.3, -0.25) is 4.79 Å². The van der Waals surface area contributed by atoms with Gasteiger partial charge in [-0.1, -0.05) is 42.4 Å². The molecular weight excluding hydrogens is 370 g/mol. The maximum Gasteiger partial charge on any atom is 0.191 e. The first kappa shape index (κ1) is 18.7. The van der Waals surface area contributed by atoms with Crippen molar-refractivity contribution in [3.63, 3.8) is 0 Å². The summed E-state index contributed by atoms with van der Waals surface area (Å²) in [6.45, 7) is 5.72. The highest BCUT2D eigenvalue weighted by atomic mass is 32.2. The van der Waals surface area contributed by atoms with E-state index in [9.17, 15) is 4.79 Å². The van der Waals surface area contributed by atoms with E-state index in [-0.39, 0.29) is 5.78 Å². The second-order valence-corrected chi connectivity index (χ2v) is 7.90. The minimum Gasteiger partial charge on any atom is -0.493 e. The Kier molecular flexibility index (Phi) is 5.48. The lowest BCUT2D eigenvalue weighted by Gasteiger charge is -2.09. The summed E-state index contributed by atoms with van der Waals surface area (Å²) >= 11 is 1.45. The first-order chi connectivity index (χ1) is 13.7. The van der Waals surface area contributed by atoms with Crippen molar-refractivity contribution in [3.8, 4) is 17.1 Å². The molecule has 6 heteroatoms. The average molecular weight is 394 g/mol. The normalized spacial score (nSPS) is 12.6. The second kappa shape index (κ2) is 8.19. The molecule has 5 nitrogen and oxygen atoms in total. The number of carbonyl (C=O) groups is 1. The minimum atomic E-state index is 0.0999. The number of thioether (sulfide) groups is 1. The number of aromatic nitrogens is 3. The molecule has 3 aromatic rings. The number of benzene rings is 2. The quantitative estimate of drug-likeness (QED) is 0.435. The van der Waals surface area contributed by atoms with Crippen molar-refractivity contribution in [1.82, 2.24) is 14.8 Å². The number of fused-ring (bicyclic) bond motifs is 1. The van der Waals surface area contributed by atoms with Crippen molar-refractivity contribution in [2.45, 2.75) is 38.4 Å². The number of hydrogen-bond acceptors (Lipinski definition) is 5. The van der Waals surface area contributed by atoms with Crippen LogP contribution in [-0.2, 0) is 13.0 Å². The van der Waals surface area contributed by atoms with Crippen LogP contribution in [0.4, 0.5) is 0 Å². The van der Waals surface area contributed by atoms with Crippen molar-refractivity contribution in [1.29, 1.82) is 0 Å². The minimum absolute atomic E-state index is 0.0999. The molecule has 0 aliphatic carbocycles. The van der Waals surface area contributed by atoms with Crippen LogP contribution in [-0.4, -0.2) is 32.9 Å². The van der Waals surface area contributed by atoms with Gasteiger partial charge in [-0.2, -0.15) is 0 Å². The van der Waals surface area contributed by atoms with Crippen molar-refractivity contribution < 1.29 is 9.53 Å². The van der Waals surface area contributed by atoms with Crippen LogP contribution in [0.15, 0.2) is 47.6 Å². The van der Waals surface area contributed by atoms with Crippen LogP contribution in [0.3, 0.4) is 0 Å². The Bertz CT molecular complexity index is 1010. The summed E-state index contributed by atoms with van der Waals surface area (Å²) in [5.41, 5.74) is 4.09. The topological polar surface area (TPSA) is 57.0 Å². The van der Waals surface area contributed by atoms with Gasteiger partial charge in [0, 0.05) is 24.1 Å². The fraction of sp³-hybridized carbons (Fsp3) is 0.318. The summed E-state index contributed by atoms with van der Waals surface area (Å²) < 4.78 is 7.63. The molecule has 0 bridgehead atoms. The van der Waals surface area contributed by atoms with Gasteiger partial charge in [-0.05, 0) is 43.2 Å². The summed E-state index contributed by atoms with van der Waals surface area (Å²) in [4.78, 5) is 12.7. The molecule has 4 rings (SSSR count). The molecule has 144 valence electrons. The van der Waals surface area contributed by atoms with Crippen LogP contribution in [0.1, 0.15) is 34.8 Å². The SMILES string of the molecule is CCCn1c(SCC(=O)c2ccc3c(c2)CCO3)nnc1-c1cccc(C)c1. The average Bonchev–Trinajstić information content (AvgIpc) is 3.32. The molecule has 0 saturated carbocycles. The highest BCUT2D eigenvalue weighted by Crippen LogP contribution is 2.28. The summed E-state index contributed by atoms with van der Waals surface area (Å²) in [5.74, 6) is 2.20. The molecule has 0 amide bonds. The third-order valence-electron chi connectivity index (χ3n) is 4.78. The Morgan fingerprint density at radius 1 is 1.21 bits per heavy atom.